The molecule has 0 aliphatic heterocycles. The molecule has 1 amide bonds. The summed E-state index contributed by atoms with van der Waals surface area (Å²) in [5, 5.41) is 12.6. The van der Waals surface area contributed by atoms with Crippen molar-refractivity contribution in [1.29, 1.82) is 0 Å². The predicted octanol–water partition coefficient (Wildman–Crippen LogP) is 6.03. The van der Waals surface area contributed by atoms with Gasteiger partial charge in [0.05, 0.1) is 10.6 Å². The van der Waals surface area contributed by atoms with Gasteiger partial charge in [-0.15, -0.1) is 10.2 Å². The Kier molecular flexibility index (Phi) is 6.14. The van der Waals surface area contributed by atoms with Gasteiger partial charge in [-0.25, -0.2) is 0 Å². The van der Waals surface area contributed by atoms with E-state index in [1.807, 2.05) is 30.3 Å². The Morgan fingerprint density at radius 2 is 1.77 bits per heavy atom. The number of nitrogens with zero attached hydrogens (tertiary/aromatic N) is 3. The lowest BCUT2D eigenvalue weighted by atomic mass is 10.1. The first-order chi connectivity index (χ1) is 16.8. The van der Waals surface area contributed by atoms with Gasteiger partial charge in [-0.2, -0.15) is 8.42 Å². The maximum atomic E-state index is 13.0. The Labute approximate surface area is 214 Å². The number of rotatable bonds is 6. The number of fused-ring (bicyclic) bond motifs is 3. The molecule has 0 unspecified atom stereocenters. The minimum Gasteiger partial charge on any atom is -0.341 e. The predicted molar refractivity (Wildman–Crippen MR) is 140 cm³/mol. The van der Waals surface area contributed by atoms with Crippen molar-refractivity contribution in [1.82, 2.24) is 14.8 Å². The van der Waals surface area contributed by atoms with E-state index in [9.17, 15) is 13.2 Å². The molecular weight excluding hydrogens is 529 g/mol. The normalized spacial score (nSPS) is 11.7. The number of nitrogens with one attached hydrogen (secondary N) is 2. The van der Waals surface area contributed by atoms with Crippen LogP contribution in [0, 0.1) is 0 Å². The van der Waals surface area contributed by atoms with Crippen molar-refractivity contribution in [3.63, 3.8) is 0 Å². The number of para-hydroxylation sites is 1. The van der Waals surface area contributed by atoms with Crippen molar-refractivity contribution < 1.29 is 13.2 Å². The van der Waals surface area contributed by atoms with Gasteiger partial charge in [0.1, 0.15) is 0 Å². The van der Waals surface area contributed by atoms with Crippen molar-refractivity contribution in [2.75, 3.05) is 10.0 Å². The number of hydrogen-bond acceptors (Lipinski definition) is 6. The van der Waals surface area contributed by atoms with Gasteiger partial charge in [-0.3, -0.25) is 14.8 Å². The number of sulfonamides is 1. The molecule has 0 aliphatic carbocycles. The van der Waals surface area contributed by atoms with Crippen LogP contribution in [0.2, 0.25) is 10.0 Å². The molecule has 8 nitrogen and oxygen atoms in total. The highest BCUT2D eigenvalue weighted by Gasteiger charge is 2.22. The van der Waals surface area contributed by atoms with Crippen LogP contribution in [0.5, 0.6) is 0 Å². The molecule has 0 bridgehead atoms. The lowest BCUT2D eigenvalue weighted by Gasteiger charge is -2.06. The molecule has 5 aromatic rings. The van der Waals surface area contributed by atoms with Crippen molar-refractivity contribution in [2.45, 2.75) is 17.8 Å². The molecule has 2 heterocycles. The quantitative estimate of drug-likeness (QED) is 0.253. The Balaban J connectivity index is 1.40. The molecule has 0 saturated carbocycles. The van der Waals surface area contributed by atoms with Crippen LogP contribution >= 0.6 is 34.5 Å². The average Bonchev–Trinajstić information content (AvgIpc) is 3.41. The molecule has 0 spiro atoms. The number of benzene rings is 3. The highest BCUT2D eigenvalue weighted by molar-refractivity contribution is 7.94. The molecule has 5 rings (SSSR count). The van der Waals surface area contributed by atoms with E-state index < -0.39 is 15.9 Å². The molecule has 0 radical (unpaired) electrons. The van der Waals surface area contributed by atoms with Crippen molar-refractivity contribution in [3.05, 3.63) is 76.3 Å². The van der Waals surface area contributed by atoms with Crippen LogP contribution in [-0.4, -0.2) is 29.1 Å². The lowest BCUT2D eigenvalue weighted by molar-refractivity contribution is 0.102. The number of carbonyl (C=O) groups is 1. The van der Waals surface area contributed by atoms with Gasteiger partial charge >= 0.3 is 0 Å². The van der Waals surface area contributed by atoms with E-state index >= 15 is 0 Å². The third kappa shape index (κ3) is 4.45. The topological polar surface area (TPSA) is 106 Å². The molecule has 0 fully saturated rings. The highest BCUT2D eigenvalue weighted by atomic mass is 35.5. The second-order valence-electron chi connectivity index (χ2n) is 7.55. The number of hydrogen-bond donors (Lipinski definition) is 2. The van der Waals surface area contributed by atoms with E-state index in [4.69, 9.17) is 23.2 Å². The second-order valence-corrected chi connectivity index (χ2v) is 11.2. The van der Waals surface area contributed by atoms with Crippen LogP contribution < -0.4 is 10.0 Å². The molecule has 3 aromatic carbocycles. The summed E-state index contributed by atoms with van der Waals surface area (Å²) < 4.78 is 30.4. The third-order valence-electron chi connectivity index (χ3n) is 5.37. The van der Waals surface area contributed by atoms with Gasteiger partial charge in [-0.05, 0) is 49.4 Å². The fourth-order valence-electron chi connectivity index (χ4n) is 3.86. The Bertz CT molecular complexity index is 1710. The summed E-state index contributed by atoms with van der Waals surface area (Å²) in [6.45, 7) is 2.85. The standard InChI is InChI=1S/C23H17Cl2N5O3S2/c1-2-30-19-6-4-3-5-15(19)17-12-14(8-10-20(17)30)29-35(32,33)23-28-27-22(34-23)26-21(31)16-9-7-13(24)11-18(16)25/h3-12,29H,2H2,1H3,(H,26,27,31). The second kappa shape index (κ2) is 9.12. The van der Waals surface area contributed by atoms with Crippen molar-refractivity contribution in [3.8, 4) is 0 Å². The summed E-state index contributed by atoms with van der Waals surface area (Å²) in [6.07, 6.45) is 0. The van der Waals surface area contributed by atoms with Gasteiger partial charge in [0.15, 0.2) is 0 Å². The number of aryl methyl sites for hydroxylation is 1. The van der Waals surface area contributed by atoms with E-state index in [-0.39, 0.29) is 20.1 Å². The smallest absolute Gasteiger partial charge is 0.291 e. The fraction of sp³-hybridized carbons (Fsp3) is 0.0870. The van der Waals surface area contributed by atoms with Crippen LogP contribution in [-0.2, 0) is 16.6 Å². The highest BCUT2D eigenvalue weighted by Crippen LogP contribution is 2.32. The summed E-state index contributed by atoms with van der Waals surface area (Å²) in [7, 11) is -4.03. The van der Waals surface area contributed by atoms with Gasteiger partial charge < -0.3 is 4.57 Å². The molecule has 2 N–H and O–H groups in total. The van der Waals surface area contributed by atoms with Gasteiger partial charge in [0, 0.05) is 39.1 Å². The SMILES string of the molecule is CCn1c2ccccc2c2cc(NS(=O)(=O)c3nnc(NC(=O)c4ccc(Cl)cc4Cl)s3)ccc21. The number of amides is 1. The Morgan fingerprint density at radius 1 is 1.00 bits per heavy atom. The number of carbonyl (C=O) groups excluding carboxylic acids is 1. The largest absolute Gasteiger partial charge is 0.341 e. The lowest BCUT2D eigenvalue weighted by Crippen LogP contribution is -2.12. The summed E-state index contributed by atoms with van der Waals surface area (Å²) in [5.41, 5.74) is 2.66. The van der Waals surface area contributed by atoms with Crippen LogP contribution in [0.1, 0.15) is 17.3 Å². The maximum Gasteiger partial charge on any atom is 0.291 e. The first-order valence-electron chi connectivity index (χ1n) is 10.4. The Hall–Kier alpha value is -3.18. The fourth-order valence-corrected chi connectivity index (χ4v) is 6.30. The van der Waals surface area contributed by atoms with Crippen LogP contribution in [0.4, 0.5) is 10.8 Å². The van der Waals surface area contributed by atoms with Crippen LogP contribution in [0.15, 0.2) is 65.0 Å². The minimum absolute atomic E-state index is 0.0165. The minimum atomic E-state index is -4.03. The number of aromatic nitrogens is 3. The molecular formula is C23H17Cl2N5O3S2. The first-order valence-corrected chi connectivity index (χ1v) is 13.5. The molecule has 12 heteroatoms. The van der Waals surface area contributed by atoms with Crippen LogP contribution in [0.25, 0.3) is 21.8 Å². The van der Waals surface area contributed by atoms with E-state index in [1.165, 1.54) is 18.2 Å². The van der Waals surface area contributed by atoms with Crippen molar-refractivity contribution >= 4 is 83.1 Å². The van der Waals surface area contributed by atoms with Gasteiger partial charge in [-0.1, -0.05) is 52.7 Å². The monoisotopic (exact) mass is 545 g/mol. The molecule has 35 heavy (non-hydrogen) atoms. The van der Waals surface area contributed by atoms with Crippen molar-refractivity contribution in [2.24, 2.45) is 0 Å². The molecule has 0 atom stereocenters. The molecule has 178 valence electrons. The average molecular weight is 546 g/mol. The van der Waals surface area contributed by atoms with Crippen LogP contribution in [0.3, 0.4) is 0 Å². The Morgan fingerprint density at radius 3 is 2.54 bits per heavy atom. The number of anilines is 2. The molecule has 0 aliphatic rings. The zero-order chi connectivity index (χ0) is 24.7. The molecule has 2 aromatic heterocycles. The zero-order valence-corrected chi connectivity index (χ0v) is 21.3. The molecule has 0 saturated heterocycles. The summed E-state index contributed by atoms with van der Waals surface area (Å²) in [5.74, 6) is -0.558. The summed E-state index contributed by atoms with van der Waals surface area (Å²) in [4.78, 5) is 12.5. The van der Waals surface area contributed by atoms with E-state index in [0.29, 0.717) is 10.7 Å². The van der Waals surface area contributed by atoms with E-state index in [2.05, 4.69) is 31.7 Å². The third-order valence-corrected chi connectivity index (χ3v) is 8.51. The summed E-state index contributed by atoms with van der Waals surface area (Å²) >= 11 is 12.6. The summed E-state index contributed by atoms with van der Waals surface area (Å²) in [6, 6.07) is 17.8. The first kappa shape index (κ1) is 23.6. The zero-order valence-electron chi connectivity index (χ0n) is 18.1. The maximum absolute atomic E-state index is 13.0. The van der Waals surface area contributed by atoms with E-state index in [0.717, 1.165) is 39.7 Å². The number of halogens is 2. The van der Waals surface area contributed by atoms with Gasteiger partial charge in [0.2, 0.25) is 5.13 Å². The van der Waals surface area contributed by atoms with Gasteiger partial charge in [0.25, 0.3) is 20.3 Å². The van der Waals surface area contributed by atoms with E-state index in [1.54, 1.807) is 12.1 Å².